The first-order chi connectivity index (χ1) is 64.0. The molecule has 0 spiro atoms. The zero-order valence-electron chi connectivity index (χ0n) is 73.5. The standard InChI is InChI=1S/C26H29FN6O.C25H27ClN6O.C25H26ClN5O2.C24H24ClN5O2/c1-33-9-6-19(7-10-33)34-25-14-17(22-5-8-30-26(29)32-22)13-23-20(25)15-24(31-23)21(28)12-16-3-2-4-18(27)11-16;1-32-8-6-15(13-32)14-33-23-11-17(20-5-7-29-25(28)31-20)10-21-19(23)12-22(30-21)24(27)16-3-2-4-18(26)9-16;26-17-3-1-15(2-4-17)11-20(27)23-14-19-22(30-23)12-16(21-5-8-29-25(28)31-21)13-24(19)33-18-6-9-32-10-7-18;25-17-3-1-15(2-4-17)23(26)21-11-18-20(29-21)9-16(19-5-7-28-24(27)30-19)10-22(18)32-13-14-6-8-31-12-14/h2-5,8,11,13-14,19,21H,6-7,9-10,12,15,28H2,1H3,(H2,29,30,32);2-5,7,9-11,15,24H,6,8,12-14,27H2,1H3,(H2,28,29,31);1-5,8,12-13,18,20H,6-7,9-11,14,27H2,(H2,28,29,31);1-5,7,9-10,14,23H,6,8,11-13,26H2,(H2,27,28,30). The largest absolute Gasteiger partial charge is 0.493 e. The van der Waals surface area contributed by atoms with Gasteiger partial charge in [-0.3, -0.25) is 20.0 Å². The SMILES string of the molecule is CN1CCC(COc2cc(-c3ccnc(N)n3)cc3c2CC(C(N)c2cccc(Cl)c2)=N3)C1.CN1CCC(Oc2cc(-c3ccnc(N)n3)cc3c2CC(C(N)Cc2cccc(F)c2)=N3)CC1.Nc1nccc(-c2cc3c(c(OC4CCOCC4)c2)CC(C(N)Cc2ccc(Cl)cc2)=N3)n1.Nc1nccc(-c2cc3c(c(OCC4CCOC4)c2)CC(C(N)c2ccc(Cl)cc2)=N3)n1. The van der Waals surface area contributed by atoms with E-state index in [9.17, 15) is 4.39 Å². The quantitative estimate of drug-likeness (QED) is 0.0278. The van der Waals surface area contributed by atoms with Crippen LogP contribution >= 0.6 is 34.8 Å². The van der Waals surface area contributed by atoms with Crippen molar-refractivity contribution < 1.29 is 32.8 Å². The van der Waals surface area contributed by atoms with E-state index >= 15 is 0 Å². The molecule has 4 fully saturated rings. The predicted octanol–water partition coefficient (Wildman–Crippen LogP) is 15.8. The number of fused-ring (bicyclic) bond motifs is 4. The molecular formula is C100H106Cl3FN22O6. The van der Waals surface area contributed by atoms with Gasteiger partial charge in [0.15, 0.2) is 0 Å². The summed E-state index contributed by atoms with van der Waals surface area (Å²) in [4.78, 5) is 57.7. The van der Waals surface area contributed by atoms with E-state index < -0.39 is 0 Å². The van der Waals surface area contributed by atoms with E-state index in [2.05, 4.69) is 63.8 Å². The maximum atomic E-state index is 13.6. The molecule has 0 radical (unpaired) electrons. The molecule has 8 aliphatic rings. The van der Waals surface area contributed by atoms with Gasteiger partial charge in [-0.2, -0.15) is 0 Å². The maximum Gasteiger partial charge on any atom is 0.220 e. The second-order valence-corrected chi connectivity index (χ2v) is 35.8. The minimum absolute atomic E-state index is 0.111. The van der Waals surface area contributed by atoms with Crippen LogP contribution in [0.3, 0.4) is 0 Å². The van der Waals surface area contributed by atoms with Gasteiger partial charge >= 0.3 is 0 Å². The van der Waals surface area contributed by atoms with Crippen LogP contribution in [0, 0.1) is 17.7 Å². The molecule has 0 aliphatic carbocycles. The third kappa shape index (κ3) is 23.0. The number of hydrogen-bond donors (Lipinski definition) is 8. The molecule has 8 aromatic carbocycles. The highest BCUT2D eigenvalue weighted by atomic mass is 35.5. The van der Waals surface area contributed by atoms with Crippen LogP contribution in [0.4, 0.5) is 50.9 Å². The summed E-state index contributed by atoms with van der Waals surface area (Å²) in [6.07, 6.45) is 16.4. The lowest BCUT2D eigenvalue weighted by Crippen LogP contribution is -2.36. The summed E-state index contributed by atoms with van der Waals surface area (Å²) in [5, 5.41) is 2.05. The van der Waals surface area contributed by atoms with Crippen LogP contribution in [0.1, 0.15) is 95.1 Å². The molecular weight excluding hydrogens is 1730 g/mol. The molecule has 16 N–H and O–H groups in total. The Bertz CT molecular complexity index is 6270. The zero-order valence-corrected chi connectivity index (χ0v) is 75.8. The Morgan fingerprint density at radius 2 is 0.818 bits per heavy atom. The number of aliphatic imine (C=N–C) groups is 4. The van der Waals surface area contributed by atoms with Gasteiger partial charge in [0.2, 0.25) is 23.8 Å². The van der Waals surface area contributed by atoms with Gasteiger partial charge in [-0.05, 0) is 203 Å². The average Bonchev–Trinajstić information content (AvgIpc) is 1.64. The first-order valence-electron chi connectivity index (χ1n) is 44.5. The molecule has 4 aromatic heterocycles. The van der Waals surface area contributed by atoms with Crippen molar-refractivity contribution in [1.29, 1.82) is 0 Å². The summed E-state index contributed by atoms with van der Waals surface area (Å²) < 4.78 is 50.3. The highest BCUT2D eigenvalue weighted by molar-refractivity contribution is 6.31. The smallest absolute Gasteiger partial charge is 0.220 e. The summed E-state index contributed by atoms with van der Waals surface area (Å²) in [7, 11) is 4.28. The van der Waals surface area contributed by atoms with E-state index in [1.807, 2.05) is 152 Å². The van der Waals surface area contributed by atoms with Gasteiger partial charge in [0.05, 0.1) is 90.6 Å². The molecule has 12 aromatic rings. The van der Waals surface area contributed by atoms with Crippen LogP contribution in [-0.2, 0) is 48.0 Å². The van der Waals surface area contributed by atoms with E-state index in [0.29, 0.717) is 91.9 Å². The minimum atomic E-state index is -0.342. The van der Waals surface area contributed by atoms with Crippen LogP contribution in [0.5, 0.6) is 23.0 Å². The zero-order chi connectivity index (χ0) is 91.5. The van der Waals surface area contributed by atoms with Crippen molar-refractivity contribution in [2.75, 3.05) is 103 Å². The Balaban J connectivity index is 0.000000123. The second kappa shape index (κ2) is 42.0. The number of rotatable bonds is 24. The van der Waals surface area contributed by atoms with E-state index in [0.717, 1.165) is 236 Å². The molecule has 12 heterocycles. The van der Waals surface area contributed by atoms with Gasteiger partial charge in [-0.15, -0.1) is 0 Å². The molecule has 680 valence electrons. The van der Waals surface area contributed by atoms with Gasteiger partial charge in [-0.1, -0.05) is 83.3 Å². The lowest BCUT2D eigenvalue weighted by Gasteiger charge is -2.30. The summed E-state index contributed by atoms with van der Waals surface area (Å²) in [6.45, 7) is 8.38. The van der Waals surface area contributed by atoms with E-state index in [1.54, 1.807) is 30.9 Å². The molecule has 32 heteroatoms. The average molecular weight is 1840 g/mol. The monoisotopic (exact) mass is 1830 g/mol. The molecule has 20 rings (SSSR count). The van der Waals surface area contributed by atoms with E-state index in [1.165, 1.54) is 12.1 Å². The summed E-state index contributed by atoms with van der Waals surface area (Å²) >= 11 is 18.2. The van der Waals surface area contributed by atoms with Crippen molar-refractivity contribution in [3.05, 3.63) is 260 Å². The van der Waals surface area contributed by atoms with Crippen molar-refractivity contribution in [3.63, 3.8) is 0 Å². The number of nitrogens with two attached hydrogens (primary N) is 8. The molecule has 0 bridgehead atoms. The van der Waals surface area contributed by atoms with E-state index in [4.69, 9.17) is 129 Å². The molecule has 132 heavy (non-hydrogen) atoms. The fourth-order valence-corrected chi connectivity index (χ4v) is 17.9. The first-order valence-corrected chi connectivity index (χ1v) is 45.6. The first kappa shape index (κ1) is 91.5. The molecule has 0 amide bonds. The third-order valence-electron chi connectivity index (χ3n) is 24.7. The lowest BCUT2D eigenvalue weighted by molar-refractivity contribution is 0.0253. The van der Waals surface area contributed by atoms with Gasteiger partial charge in [0, 0.05) is 196 Å². The maximum absolute atomic E-state index is 13.6. The topological polar surface area (TPSA) is 423 Å². The summed E-state index contributed by atoms with van der Waals surface area (Å²) in [6, 6.07) is 51.8. The number of ether oxygens (including phenoxy) is 6. The van der Waals surface area contributed by atoms with E-state index in [-0.39, 0.29) is 66.0 Å². The summed E-state index contributed by atoms with van der Waals surface area (Å²) in [5.41, 5.74) is 71.0. The molecule has 8 aliphatic heterocycles. The number of piperidine rings is 1. The van der Waals surface area contributed by atoms with Crippen LogP contribution in [0.25, 0.3) is 45.0 Å². The fourth-order valence-electron chi connectivity index (χ4n) is 17.4. The van der Waals surface area contributed by atoms with Gasteiger partial charge in [0.1, 0.15) is 41.0 Å². The molecule has 6 atom stereocenters. The van der Waals surface area contributed by atoms with Crippen LogP contribution < -0.4 is 64.8 Å². The second-order valence-electron chi connectivity index (χ2n) is 34.5. The Morgan fingerprint density at radius 3 is 1.27 bits per heavy atom. The number of anilines is 4. The van der Waals surface area contributed by atoms with Crippen LogP contribution in [0.15, 0.2) is 215 Å². The van der Waals surface area contributed by atoms with Gasteiger partial charge in [0.25, 0.3) is 0 Å². The molecule has 6 unspecified atom stereocenters. The number of nitrogen functional groups attached to an aromatic ring is 4. The lowest BCUT2D eigenvalue weighted by atomic mass is 9.97. The Kier molecular flexibility index (Phi) is 29.1. The molecule has 0 saturated carbocycles. The minimum Gasteiger partial charge on any atom is -0.493 e. The Hall–Kier alpha value is -12.4. The van der Waals surface area contributed by atoms with Crippen molar-refractivity contribution in [3.8, 4) is 68.0 Å². The number of aromatic nitrogens is 8. The Labute approximate surface area is 781 Å². The number of nitrogens with zero attached hydrogens (tertiary/aromatic N) is 14. The molecule has 28 nitrogen and oxygen atoms in total. The highest BCUT2D eigenvalue weighted by Crippen LogP contribution is 2.46. The van der Waals surface area contributed by atoms with Gasteiger partial charge in [-0.25, -0.2) is 44.3 Å². The fraction of sp³-hybridized carbons (Fsp3) is 0.320. The normalized spacial score (nSPS) is 17.8. The number of likely N-dealkylation sites (tertiary alicyclic amines) is 2. The van der Waals surface area contributed by atoms with Crippen molar-refractivity contribution >= 4 is 104 Å². The van der Waals surface area contributed by atoms with Crippen molar-refractivity contribution in [2.45, 2.75) is 113 Å². The number of benzene rings is 8. The number of hydrogen-bond acceptors (Lipinski definition) is 28. The Morgan fingerprint density at radius 1 is 0.402 bits per heavy atom. The highest BCUT2D eigenvalue weighted by Gasteiger charge is 2.34. The van der Waals surface area contributed by atoms with Crippen molar-refractivity contribution in [1.82, 2.24) is 49.7 Å². The van der Waals surface area contributed by atoms with Crippen LogP contribution in [-0.4, -0.2) is 177 Å². The number of halogens is 4. The molecule has 4 saturated heterocycles. The predicted molar refractivity (Wildman–Crippen MR) is 520 cm³/mol. The van der Waals surface area contributed by atoms with Gasteiger partial charge < -0.3 is 84.1 Å². The van der Waals surface area contributed by atoms with Crippen LogP contribution in [0.2, 0.25) is 15.1 Å². The summed E-state index contributed by atoms with van der Waals surface area (Å²) in [5.74, 6) is 4.81. The third-order valence-corrected chi connectivity index (χ3v) is 25.5. The van der Waals surface area contributed by atoms with Crippen molar-refractivity contribution in [2.24, 2.45) is 54.7 Å².